The first kappa shape index (κ1) is 22.1. The molecule has 0 aliphatic carbocycles. The summed E-state index contributed by atoms with van der Waals surface area (Å²) >= 11 is 0. The van der Waals surface area contributed by atoms with Gasteiger partial charge in [0.15, 0.2) is 0 Å². The van der Waals surface area contributed by atoms with Crippen molar-refractivity contribution < 1.29 is 9.59 Å². The fourth-order valence-corrected chi connectivity index (χ4v) is 5.46. The monoisotopic (exact) mass is 474 g/mol. The molecule has 0 bridgehead atoms. The topological polar surface area (TPSA) is 105 Å². The molecule has 178 valence electrons. The van der Waals surface area contributed by atoms with Crippen molar-refractivity contribution in [1.29, 1.82) is 0 Å². The number of hydrogen-bond donors (Lipinski definition) is 3. The molecule has 2 amide bonds. The van der Waals surface area contributed by atoms with Gasteiger partial charge < -0.3 is 21.4 Å². The van der Waals surface area contributed by atoms with Crippen LogP contribution in [0.4, 0.5) is 5.69 Å². The number of carbonyl (C=O) groups is 2. The average molecular weight is 475 g/mol. The summed E-state index contributed by atoms with van der Waals surface area (Å²) < 4.78 is 0. The van der Waals surface area contributed by atoms with Crippen molar-refractivity contribution in [2.45, 2.75) is 26.4 Å². The number of fused-ring (bicyclic) bond motifs is 4. The fourth-order valence-electron chi connectivity index (χ4n) is 5.46. The van der Waals surface area contributed by atoms with E-state index in [4.69, 9.17) is 11.5 Å². The molecule has 0 atom stereocenters. The van der Waals surface area contributed by atoms with Gasteiger partial charge in [0.1, 0.15) is 0 Å². The van der Waals surface area contributed by atoms with Gasteiger partial charge in [-0.2, -0.15) is 0 Å². The van der Waals surface area contributed by atoms with Crippen LogP contribution in [-0.2, 0) is 24.3 Å². The van der Waals surface area contributed by atoms with Crippen molar-refractivity contribution in [2.75, 3.05) is 4.90 Å². The van der Waals surface area contributed by atoms with Gasteiger partial charge in [-0.3, -0.25) is 9.59 Å². The van der Waals surface area contributed by atoms with Crippen LogP contribution in [0.2, 0.25) is 0 Å². The predicted octanol–water partition coefficient (Wildman–Crippen LogP) is 4.94. The Hall–Kier alpha value is -4.42. The van der Waals surface area contributed by atoms with Gasteiger partial charge in [-0.25, -0.2) is 0 Å². The van der Waals surface area contributed by atoms with Crippen molar-refractivity contribution in [3.05, 3.63) is 101 Å². The second-order valence-electron chi connectivity index (χ2n) is 9.37. The minimum Gasteiger partial charge on any atom is -0.369 e. The van der Waals surface area contributed by atoms with Gasteiger partial charge in [-0.15, -0.1) is 0 Å². The van der Waals surface area contributed by atoms with Crippen LogP contribution in [-0.4, -0.2) is 16.8 Å². The van der Waals surface area contributed by atoms with E-state index in [1.54, 1.807) is 0 Å². The largest absolute Gasteiger partial charge is 0.369 e. The minimum atomic E-state index is -0.379. The van der Waals surface area contributed by atoms with Gasteiger partial charge in [-0.1, -0.05) is 54.6 Å². The highest BCUT2D eigenvalue weighted by Gasteiger charge is 2.29. The molecule has 6 nitrogen and oxygen atoms in total. The third-order valence-corrected chi connectivity index (χ3v) is 7.21. The Balaban J connectivity index is 1.56. The van der Waals surface area contributed by atoms with Gasteiger partial charge in [0.05, 0.1) is 18.5 Å². The van der Waals surface area contributed by atoms with Crippen LogP contribution in [0.15, 0.2) is 72.8 Å². The van der Waals surface area contributed by atoms with E-state index in [2.05, 4.69) is 36.2 Å². The first-order valence-corrected chi connectivity index (χ1v) is 12.0. The first-order chi connectivity index (χ1) is 17.5. The summed E-state index contributed by atoms with van der Waals surface area (Å²) in [6.45, 7) is 3.06. The summed E-state index contributed by atoms with van der Waals surface area (Å²) in [6, 6.07) is 24.0. The molecule has 1 aromatic heterocycles. The average Bonchev–Trinajstić information content (AvgIpc) is 3.42. The third-order valence-electron chi connectivity index (χ3n) is 7.21. The number of nitrogens with zero attached hydrogens (tertiary/aromatic N) is 1. The van der Waals surface area contributed by atoms with Gasteiger partial charge in [0.2, 0.25) is 5.91 Å². The van der Waals surface area contributed by atoms with Gasteiger partial charge in [-0.05, 0) is 58.5 Å². The van der Waals surface area contributed by atoms with E-state index in [1.807, 2.05) is 53.4 Å². The number of primary amides is 1. The number of H-pyrrole nitrogens is 1. The zero-order valence-electron chi connectivity index (χ0n) is 20.0. The Bertz CT molecular complexity index is 1700. The molecule has 36 heavy (non-hydrogen) atoms. The van der Waals surface area contributed by atoms with Crippen LogP contribution < -0.4 is 16.4 Å². The molecule has 6 rings (SSSR count). The Morgan fingerprint density at radius 2 is 1.78 bits per heavy atom. The number of nitrogens with two attached hydrogens (primary N) is 2. The Morgan fingerprint density at radius 1 is 0.972 bits per heavy atom. The molecule has 1 aliphatic heterocycles. The number of nitrogens with one attached hydrogen (secondary N) is 1. The maximum atomic E-state index is 13.2. The van der Waals surface area contributed by atoms with E-state index < -0.39 is 0 Å². The molecule has 0 spiro atoms. The number of amides is 2. The van der Waals surface area contributed by atoms with Crippen LogP contribution >= 0.6 is 0 Å². The van der Waals surface area contributed by atoms with Crippen LogP contribution in [0.25, 0.3) is 32.9 Å². The van der Waals surface area contributed by atoms with Gasteiger partial charge in [0.25, 0.3) is 5.91 Å². The normalized spacial score (nSPS) is 13.1. The minimum absolute atomic E-state index is 0.0224. The van der Waals surface area contributed by atoms with E-state index in [0.717, 1.165) is 66.4 Å². The van der Waals surface area contributed by atoms with E-state index in [9.17, 15) is 9.59 Å². The van der Waals surface area contributed by atoms with Gasteiger partial charge in [0, 0.05) is 34.1 Å². The molecule has 0 radical (unpaired) electrons. The van der Waals surface area contributed by atoms with Crippen molar-refractivity contribution in [3.8, 4) is 11.1 Å². The lowest BCUT2D eigenvalue weighted by Crippen LogP contribution is -2.24. The Kier molecular flexibility index (Phi) is 5.12. The number of carbonyl (C=O) groups excluding carboxylic acids is 2. The number of anilines is 1. The molecule has 4 aromatic carbocycles. The number of aromatic amines is 1. The number of aromatic nitrogens is 1. The van der Waals surface area contributed by atoms with Crippen molar-refractivity contribution in [1.82, 2.24) is 4.98 Å². The Labute approximate surface area is 208 Å². The fraction of sp³-hybridized carbons (Fsp3) is 0.133. The molecule has 0 fully saturated rings. The van der Waals surface area contributed by atoms with Crippen molar-refractivity contribution in [2.24, 2.45) is 11.5 Å². The molecule has 6 heteroatoms. The van der Waals surface area contributed by atoms with Crippen LogP contribution in [0.3, 0.4) is 0 Å². The third kappa shape index (κ3) is 3.38. The molecule has 2 heterocycles. The summed E-state index contributed by atoms with van der Waals surface area (Å²) in [5.41, 5.74) is 21.0. The lowest BCUT2D eigenvalue weighted by atomic mass is 9.92. The van der Waals surface area contributed by atoms with Crippen molar-refractivity contribution in [3.63, 3.8) is 0 Å². The second-order valence-corrected chi connectivity index (χ2v) is 9.37. The van der Waals surface area contributed by atoms with E-state index in [0.29, 0.717) is 13.1 Å². The SMILES string of the molecule is Cc1c(-c2ccc(CC(N)=O)c3[nH]c4cc(CN)ccc4c23)cccc1N1Cc2ccccc2C1=O. The zero-order valence-corrected chi connectivity index (χ0v) is 20.0. The van der Waals surface area contributed by atoms with Crippen LogP contribution in [0, 0.1) is 6.92 Å². The molecule has 5 N–H and O–H groups in total. The quantitative estimate of drug-likeness (QED) is 0.336. The smallest absolute Gasteiger partial charge is 0.258 e. The summed E-state index contributed by atoms with van der Waals surface area (Å²) in [7, 11) is 0. The summed E-state index contributed by atoms with van der Waals surface area (Å²) in [5, 5.41) is 2.08. The highest BCUT2D eigenvalue weighted by atomic mass is 16.2. The zero-order chi connectivity index (χ0) is 25.0. The van der Waals surface area contributed by atoms with E-state index in [1.165, 1.54) is 0 Å². The Morgan fingerprint density at radius 3 is 2.56 bits per heavy atom. The molecule has 0 unspecified atom stereocenters. The molecule has 1 aliphatic rings. The molecular formula is C30H26N4O2. The second kappa shape index (κ2) is 8.36. The highest BCUT2D eigenvalue weighted by Crippen LogP contribution is 2.41. The lowest BCUT2D eigenvalue weighted by Gasteiger charge is -2.21. The molecular weight excluding hydrogens is 448 g/mol. The number of hydrogen-bond acceptors (Lipinski definition) is 3. The van der Waals surface area contributed by atoms with E-state index >= 15 is 0 Å². The predicted molar refractivity (Wildman–Crippen MR) is 144 cm³/mol. The van der Waals surface area contributed by atoms with Gasteiger partial charge >= 0.3 is 0 Å². The first-order valence-electron chi connectivity index (χ1n) is 12.0. The van der Waals surface area contributed by atoms with Crippen LogP contribution in [0.5, 0.6) is 0 Å². The maximum Gasteiger partial charge on any atom is 0.258 e. The summed E-state index contributed by atoms with van der Waals surface area (Å²) in [5.74, 6) is -0.357. The standard InChI is InChI=1S/C30H26N4O2/c1-17-21(7-4-8-26(17)34-16-20-5-2-3-6-22(20)30(34)36)23-12-10-19(14-27(32)35)29-28(23)24-11-9-18(15-31)13-25(24)33-29/h2-13,33H,14-16,31H2,1H3,(H2,32,35). The number of benzene rings is 4. The maximum absolute atomic E-state index is 13.2. The van der Waals surface area contributed by atoms with E-state index in [-0.39, 0.29) is 18.2 Å². The highest BCUT2D eigenvalue weighted by molar-refractivity contribution is 6.16. The molecule has 5 aromatic rings. The lowest BCUT2D eigenvalue weighted by molar-refractivity contribution is -0.117. The molecule has 0 saturated heterocycles. The van der Waals surface area contributed by atoms with Crippen LogP contribution in [0.1, 0.15) is 32.6 Å². The molecule has 0 saturated carbocycles. The summed E-state index contributed by atoms with van der Waals surface area (Å²) in [6.07, 6.45) is 0.146. The van der Waals surface area contributed by atoms with Crippen molar-refractivity contribution >= 4 is 39.3 Å². The number of rotatable bonds is 5. The summed E-state index contributed by atoms with van der Waals surface area (Å²) in [4.78, 5) is 30.4.